The van der Waals surface area contributed by atoms with E-state index in [0.717, 1.165) is 6.42 Å². The molecule has 0 aromatic heterocycles. The summed E-state index contributed by atoms with van der Waals surface area (Å²) in [5, 5.41) is 9.20. The summed E-state index contributed by atoms with van der Waals surface area (Å²) in [6.07, 6.45) is 1.41. The van der Waals surface area contributed by atoms with E-state index in [-0.39, 0.29) is 22.9 Å². The highest BCUT2D eigenvalue weighted by Gasteiger charge is 1.92. The molecule has 0 aliphatic rings. The van der Waals surface area contributed by atoms with Gasteiger partial charge in [-0.05, 0) is 12.8 Å². The van der Waals surface area contributed by atoms with E-state index >= 15 is 0 Å². The van der Waals surface area contributed by atoms with Gasteiger partial charge in [0.05, 0.1) is 6.54 Å². The molecule has 0 spiro atoms. The van der Waals surface area contributed by atoms with Gasteiger partial charge in [0.2, 0.25) is 0 Å². The van der Waals surface area contributed by atoms with Crippen molar-refractivity contribution in [1.82, 2.24) is 5.43 Å². The van der Waals surface area contributed by atoms with E-state index in [2.05, 4.69) is 4.99 Å². The zero-order valence-corrected chi connectivity index (χ0v) is 8.82. The number of hydrazine groups is 1. The van der Waals surface area contributed by atoms with Gasteiger partial charge >= 0.3 is 0 Å². The van der Waals surface area contributed by atoms with Gasteiger partial charge in [0, 0.05) is 6.54 Å². The lowest BCUT2D eigenvalue weighted by Crippen LogP contribution is -2.24. The van der Waals surface area contributed by atoms with Crippen LogP contribution in [-0.2, 0) is 0 Å². The van der Waals surface area contributed by atoms with Crippen molar-refractivity contribution in [2.75, 3.05) is 13.1 Å². The molecule has 0 amide bonds. The zero-order valence-electron chi connectivity index (χ0n) is 7.10. The fraction of sp³-hybridized carbons (Fsp3) is 0.800. The summed E-state index contributed by atoms with van der Waals surface area (Å²) >= 11 is 0. The van der Waals surface area contributed by atoms with E-state index in [1.165, 1.54) is 0 Å². The van der Waals surface area contributed by atoms with Gasteiger partial charge in [0.15, 0.2) is 11.0 Å². The second-order valence-corrected chi connectivity index (χ2v) is 2.18. The molecular weight excluding hydrogens is 242 g/mol. The summed E-state index contributed by atoms with van der Waals surface area (Å²) in [5.74, 6) is 0.0530. The van der Waals surface area contributed by atoms with Gasteiger partial charge in [-0.15, -0.1) is 22.4 Å². The van der Waals surface area contributed by atoms with Gasteiger partial charge in [0.1, 0.15) is 0 Å². The lowest BCUT2D eigenvalue weighted by atomic mass is 10.3. The van der Waals surface area contributed by atoms with Gasteiger partial charge in [-0.1, -0.05) is 0 Å². The number of hydrogen-bond acceptors (Lipinski definition) is 3. The molecule has 0 saturated carbocycles. The minimum atomic E-state index is -0.569. The average Bonchev–Trinajstić information content (AvgIpc) is 1.95. The van der Waals surface area contributed by atoms with Crippen molar-refractivity contribution < 1.29 is 5.03 Å². The Morgan fingerprint density at radius 2 is 2.08 bits per heavy atom. The van der Waals surface area contributed by atoms with Crippen LogP contribution in [0.3, 0.4) is 0 Å². The number of aliphatic imine (C=N–C) groups is 1. The van der Waals surface area contributed by atoms with Crippen LogP contribution >= 0.6 is 17.0 Å². The molecule has 78 valence electrons. The third-order valence-electron chi connectivity index (χ3n) is 1.12. The van der Waals surface area contributed by atoms with Crippen LogP contribution in [0.1, 0.15) is 12.8 Å². The van der Waals surface area contributed by atoms with Crippen molar-refractivity contribution in [3.63, 3.8) is 0 Å². The highest BCUT2D eigenvalue weighted by atomic mass is 79.9. The molecule has 0 aromatic carbocycles. The number of guanidine groups is 1. The zero-order chi connectivity index (χ0) is 9.40. The highest BCUT2D eigenvalue weighted by molar-refractivity contribution is 8.93. The van der Waals surface area contributed by atoms with Gasteiger partial charge in [-0.3, -0.25) is 4.99 Å². The molecule has 0 unspecified atom stereocenters. The molecule has 0 saturated heterocycles. The third-order valence-corrected chi connectivity index (χ3v) is 1.12. The van der Waals surface area contributed by atoms with E-state index in [1.807, 2.05) is 5.43 Å². The van der Waals surface area contributed by atoms with Crippen molar-refractivity contribution >= 4 is 22.9 Å². The summed E-state index contributed by atoms with van der Waals surface area (Å²) < 4.78 is 0. The second-order valence-electron chi connectivity index (χ2n) is 2.18. The number of unbranched alkanes of at least 4 members (excludes halogenated alkanes) is 1. The SMILES string of the molecule is Br.NC(N)=NCCCCN[N+](=O)[O-]. The van der Waals surface area contributed by atoms with Crippen LogP contribution in [0.4, 0.5) is 0 Å². The lowest BCUT2D eigenvalue weighted by molar-refractivity contribution is -0.544. The number of hydrogen-bond donors (Lipinski definition) is 3. The molecule has 7 nitrogen and oxygen atoms in total. The van der Waals surface area contributed by atoms with Gasteiger partial charge in [-0.25, -0.2) is 10.1 Å². The van der Waals surface area contributed by atoms with Crippen LogP contribution in [0.2, 0.25) is 0 Å². The Labute approximate surface area is 86.5 Å². The van der Waals surface area contributed by atoms with Crippen LogP contribution in [0, 0.1) is 10.1 Å². The first-order valence-corrected chi connectivity index (χ1v) is 3.56. The molecule has 0 radical (unpaired) electrons. The summed E-state index contributed by atoms with van der Waals surface area (Å²) in [7, 11) is 0. The molecule has 0 aromatic rings. The Kier molecular flexibility index (Phi) is 10.1. The molecule has 0 rings (SSSR count). The molecule has 0 aliphatic carbocycles. The number of nitrogens with one attached hydrogen (secondary N) is 1. The number of halogens is 1. The first-order valence-electron chi connectivity index (χ1n) is 3.56. The number of nitrogens with two attached hydrogens (primary N) is 2. The number of rotatable bonds is 6. The maximum Gasteiger partial charge on any atom is 0.185 e. The van der Waals surface area contributed by atoms with Crippen molar-refractivity contribution in [1.29, 1.82) is 0 Å². The second kappa shape index (κ2) is 9.04. The third kappa shape index (κ3) is 13.9. The molecule has 0 atom stereocenters. The number of nitrogens with zero attached hydrogens (tertiary/aromatic N) is 2. The molecular formula is C5H14BrN5O2. The maximum absolute atomic E-state index is 9.77. The fourth-order valence-corrected chi connectivity index (χ4v) is 0.615. The predicted molar refractivity (Wildman–Crippen MR) is 55.2 cm³/mol. The Balaban J connectivity index is 0. The van der Waals surface area contributed by atoms with E-state index in [4.69, 9.17) is 11.5 Å². The Morgan fingerprint density at radius 1 is 1.46 bits per heavy atom. The van der Waals surface area contributed by atoms with Crippen molar-refractivity contribution in [3.8, 4) is 0 Å². The van der Waals surface area contributed by atoms with E-state index in [9.17, 15) is 10.1 Å². The van der Waals surface area contributed by atoms with Gasteiger partial charge in [0.25, 0.3) is 0 Å². The minimum absolute atomic E-state index is 0. The predicted octanol–water partition coefficient (Wildman–Crippen LogP) is -0.601. The summed E-state index contributed by atoms with van der Waals surface area (Å²) in [6.45, 7) is 0.856. The normalized spacial score (nSPS) is 8.31. The quantitative estimate of drug-likeness (QED) is 0.193. The van der Waals surface area contributed by atoms with Crippen LogP contribution in [0.5, 0.6) is 0 Å². The summed E-state index contributed by atoms with van der Waals surface area (Å²) in [5.41, 5.74) is 12.2. The van der Waals surface area contributed by atoms with Crippen molar-refractivity contribution in [3.05, 3.63) is 10.1 Å². The van der Waals surface area contributed by atoms with Crippen LogP contribution < -0.4 is 16.9 Å². The maximum atomic E-state index is 9.77. The van der Waals surface area contributed by atoms with E-state index < -0.39 is 5.03 Å². The monoisotopic (exact) mass is 255 g/mol. The van der Waals surface area contributed by atoms with Gasteiger partial charge in [-0.2, -0.15) is 0 Å². The molecule has 5 N–H and O–H groups in total. The Hall–Kier alpha value is -1.05. The van der Waals surface area contributed by atoms with Crippen molar-refractivity contribution in [2.24, 2.45) is 16.5 Å². The van der Waals surface area contributed by atoms with Crippen LogP contribution in [0.25, 0.3) is 0 Å². The molecule has 0 bridgehead atoms. The summed E-state index contributed by atoms with van der Waals surface area (Å²) in [6, 6.07) is 0. The van der Waals surface area contributed by atoms with Gasteiger partial charge < -0.3 is 11.5 Å². The molecule has 0 fully saturated rings. The summed E-state index contributed by atoms with van der Waals surface area (Å²) in [4.78, 5) is 13.5. The average molecular weight is 256 g/mol. The van der Waals surface area contributed by atoms with E-state index in [1.54, 1.807) is 0 Å². The molecule has 8 heteroatoms. The molecule has 0 aliphatic heterocycles. The van der Waals surface area contributed by atoms with Crippen LogP contribution in [-0.4, -0.2) is 24.1 Å². The first-order chi connectivity index (χ1) is 5.63. The van der Waals surface area contributed by atoms with Crippen LogP contribution in [0.15, 0.2) is 4.99 Å². The number of nitro groups is 1. The largest absolute Gasteiger partial charge is 0.370 e. The van der Waals surface area contributed by atoms with Crippen molar-refractivity contribution in [2.45, 2.75) is 12.8 Å². The Bertz CT molecular complexity index is 170. The standard InChI is InChI=1S/C5H13N5O2.BrH/c6-5(7)8-3-1-2-4-9-10(11)12;/h9H,1-4H2,(H4,6,7,8);1H. The lowest BCUT2D eigenvalue weighted by Gasteiger charge is -1.96. The minimum Gasteiger partial charge on any atom is -0.370 e. The highest BCUT2D eigenvalue weighted by Crippen LogP contribution is 1.86. The molecule has 13 heavy (non-hydrogen) atoms. The fourth-order valence-electron chi connectivity index (χ4n) is 0.615. The first kappa shape index (κ1) is 14.5. The Morgan fingerprint density at radius 3 is 2.54 bits per heavy atom. The molecule has 0 heterocycles. The topological polar surface area (TPSA) is 120 Å². The smallest absolute Gasteiger partial charge is 0.185 e. The van der Waals surface area contributed by atoms with E-state index in [0.29, 0.717) is 19.5 Å².